The summed E-state index contributed by atoms with van der Waals surface area (Å²) in [5.41, 5.74) is 1.44. The number of halogens is 1. The van der Waals surface area contributed by atoms with Gasteiger partial charge in [0.2, 0.25) is 0 Å². The molecule has 0 saturated heterocycles. The van der Waals surface area contributed by atoms with Gasteiger partial charge in [0, 0.05) is 24.7 Å². The fraction of sp³-hybridized carbons (Fsp3) is 0.417. The molecule has 5 nitrogen and oxygen atoms in total. The Labute approximate surface area is 111 Å². The summed E-state index contributed by atoms with van der Waals surface area (Å²) in [5, 5.41) is 5.95. The lowest BCUT2D eigenvalue weighted by Crippen LogP contribution is -2.31. The van der Waals surface area contributed by atoms with Crippen molar-refractivity contribution in [2.24, 2.45) is 0 Å². The Morgan fingerprint density at radius 2 is 2.11 bits per heavy atom. The predicted octanol–water partition coefficient (Wildman–Crippen LogP) is 2.42. The second-order valence-corrected chi connectivity index (χ2v) is 4.08. The number of hydrogen-bond acceptors (Lipinski definition) is 3. The monoisotopic (exact) mass is 272 g/mol. The van der Waals surface area contributed by atoms with Crippen molar-refractivity contribution >= 4 is 23.3 Å². The first-order chi connectivity index (χ1) is 8.58. The van der Waals surface area contributed by atoms with Gasteiger partial charge in [-0.05, 0) is 18.6 Å². The van der Waals surface area contributed by atoms with Crippen LogP contribution in [0.25, 0.3) is 0 Å². The summed E-state index contributed by atoms with van der Waals surface area (Å²) in [6, 6.07) is 3.12. The van der Waals surface area contributed by atoms with Crippen LogP contribution in [0.1, 0.15) is 5.56 Å². The van der Waals surface area contributed by atoms with Crippen molar-refractivity contribution in [1.82, 2.24) is 5.32 Å². The Hall–Kier alpha value is -1.46. The minimum Gasteiger partial charge on any atom is -0.495 e. The Balaban J connectivity index is 2.71. The van der Waals surface area contributed by atoms with Gasteiger partial charge in [-0.15, -0.1) is 0 Å². The first-order valence-corrected chi connectivity index (χ1v) is 5.84. The van der Waals surface area contributed by atoms with Crippen molar-refractivity contribution in [2.75, 3.05) is 32.7 Å². The van der Waals surface area contributed by atoms with Gasteiger partial charge in [-0.3, -0.25) is 0 Å². The lowest BCUT2D eigenvalue weighted by Gasteiger charge is -2.12. The molecule has 0 unspecified atom stereocenters. The zero-order valence-electron chi connectivity index (χ0n) is 10.7. The molecule has 0 aliphatic heterocycles. The third kappa shape index (κ3) is 4.09. The van der Waals surface area contributed by atoms with Crippen molar-refractivity contribution in [2.45, 2.75) is 6.92 Å². The van der Waals surface area contributed by atoms with Crippen LogP contribution in [-0.2, 0) is 4.74 Å². The molecule has 0 fully saturated rings. The van der Waals surface area contributed by atoms with E-state index in [-0.39, 0.29) is 6.03 Å². The normalized spacial score (nSPS) is 10.0. The van der Waals surface area contributed by atoms with E-state index in [4.69, 9.17) is 21.1 Å². The molecule has 0 bridgehead atoms. The third-order valence-corrected chi connectivity index (χ3v) is 2.73. The highest BCUT2D eigenvalue weighted by atomic mass is 35.5. The SMILES string of the molecule is COCCNC(=O)Nc1cc(C)c(Cl)cc1OC. The van der Waals surface area contributed by atoms with Crippen LogP contribution in [0.3, 0.4) is 0 Å². The number of anilines is 1. The number of amides is 2. The zero-order valence-corrected chi connectivity index (χ0v) is 11.4. The Morgan fingerprint density at radius 3 is 2.72 bits per heavy atom. The quantitative estimate of drug-likeness (QED) is 0.810. The van der Waals surface area contributed by atoms with Gasteiger partial charge in [0.15, 0.2) is 0 Å². The first-order valence-electron chi connectivity index (χ1n) is 5.46. The maximum atomic E-state index is 11.6. The standard InChI is InChI=1S/C12H17ClN2O3/c1-8-6-10(11(18-3)7-9(8)13)15-12(16)14-4-5-17-2/h6-7H,4-5H2,1-3H3,(H2,14,15,16). The molecule has 0 aliphatic carbocycles. The van der Waals surface area contributed by atoms with Crippen molar-refractivity contribution in [3.63, 3.8) is 0 Å². The molecule has 100 valence electrons. The molecule has 0 radical (unpaired) electrons. The second-order valence-electron chi connectivity index (χ2n) is 3.68. The van der Waals surface area contributed by atoms with E-state index in [1.807, 2.05) is 6.92 Å². The molecule has 0 saturated carbocycles. The van der Waals surface area contributed by atoms with E-state index in [9.17, 15) is 4.79 Å². The van der Waals surface area contributed by atoms with Crippen LogP contribution in [0, 0.1) is 6.92 Å². The molecule has 0 spiro atoms. The van der Waals surface area contributed by atoms with Crippen molar-refractivity contribution in [1.29, 1.82) is 0 Å². The molecule has 18 heavy (non-hydrogen) atoms. The maximum Gasteiger partial charge on any atom is 0.319 e. The average molecular weight is 273 g/mol. The highest BCUT2D eigenvalue weighted by Crippen LogP contribution is 2.30. The van der Waals surface area contributed by atoms with Crippen LogP contribution in [0.2, 0.25) is 5.02 Å². The van der Waals surface area contributed by atoms with E-state index in [0.29, 0.717) is 29.6 Å². The molecule has 1 aromatic carbocycles. The fourth-order valence-corrected chi connectivity index (χ4v) is 1.52. The number of ether oxygens (including phenoxy) is 2. The molecule has 0 aliphatic rings. The Kier molecular flexibility index (Phi) is 5.74. The summed E-state index contributed by atoms with van der Waals surface area (Å²) < 4.78 is 9.99. The minimum absolute atomic E-state index is 0.313. The number of aryl methyl sites for hydroxylation is 1. The van der Waals surface area contributed by atoms with Gasteiger partial charge < -0.3 is 20.1 Å². The lowest BCUT2D eigenvalue weighted by atomic mass is 10.2. The largest absolute Gasteiger partial charge is 0.495 e. The van der Waals surface area contributed by atoms with Crippen LogP contribution >= 0.6 is 11.6 Å². The van der Waals surface area contributed by atoms with Gasteiger partial charge in [0.1, 0.15) is 5.75 Å². The van der Waals surface area contributed by atoms with E-state index >= 15 is 0 Å². The van der Waals surface area contributed by atoms with Crippen LogP contribution in [0.4, 0.5) is 10.5 Å². The van der Waals surface area contributed by atoms with E-state index in [1.54, 1.807) is 19.2 Å². The van der Waals surface area contributed by atoms with Gasteiger partial charge in [-0.1, -0.05) is 11.6 Å². The first kappa shape index (κ1) is 14.6. The lowest BCUT2D eigenvalue weighted by molar-refractivity contribution is 0.198. The van der Waals surface area contributed by atoms with Gasteiger partial charge >= 0.3 is 6.03 Å². The number of methoxy groups -OCH3 is 2. The number of rotatable bonds is 5. The number of benzene rings is 1. The topological polar surface area (TPSA) is 59.6 Å². The average Bonchev–Trinajstić information content (AvgIpc) is 2.34. The number of urea groups is 1. The number of hydrogen-bond donors (Lipinski definition) is 2. The molecule has 0 heterocycles. The highest BCUT2D eigenvalue weighted by Gasteiger charge is 2.09. The molecule has 1 rings (SSSR count). The Bertz CT molecular complexity index is 424. The van der Waals surface area contributed by atoms with Crippen molar-refractivity contribution in [3.8, 4) is 5.75 Å². The summed E-state index contributed by atoms with van der Waals surface area (Å²) in [4.78, 5) is 11.6. The van der Waals surface area contributed by atoms with E-state index in [0.717, 1.165) is 5.56 Å². The molecule has 6 heteroatoms. The van der Waals surface area contributed by atoms with E-state index in [1.165, 1.54) is 7.11 Å². The predicted molar refractivity (Wildman–Crippen MR) is 71.6 cm³/mol. The maximum absolute atomic E-state index is 11.6. The van der Waals surface area contributed by atoms with Gasteiger partial charge in [0.05, 0.1) is 19.4 Å². The number of carbonyl (C=O) groups is 1. The molecule has 0 aromatic heterocycles. The Morgan fingerprint density at radius 1 is 1.39 bits per heavy atom. The van der Waals surface area contributed by atoms with Crippen LogP contribution in [0.15, 0.2) is 12.1 Å². The fourth-order valence-electron chi connectivity index (χ4n) is 1.36. The summed E-state index contributed by atoms with van der Waals surface area (Å²) >= 11 is 5.98. The smallest absolute Gasteiger partial charge is 0.319 e. The molecular weight excluding hydrogens is 256 g/mol. The van der Waals surface area contributed by atoms with Crippen LogP contribution < -0.4 is 15.4 Å². The number of carbonyl (C=O) groups excluding carboxylic acids is 1. The summed E-state index contributed by atoms with van der Waals surface area (Å²) in [6.07, 6.45) is 0. The number of nitrogens with one attached hydrogen (secondary N) is 2. The van der Waals surface area contributed by atoms with Crippen molar-refractivity contribution in [3.05, 3.63) is 22.7 Å². The molecule has 2 amide bonds. The van der Waals surface area contributed by atoms with Crippen LogP contribution in [-0.4, -0.2) is 33.4 Å². The molecule has 2 N–H and O–H groups in total. The second kappa shape index (κ2) is 7.08. The molecule has 0 atom stereocenters. The molecular formula is C12H17ClN2O3. The third-order valence-electron chi connectivity index (χ3n) is 2.32. The van der Waals surface area contributed by atoms with Crippen molar-refractivity contribution < 1.29 is 14.3 Å². The van der Waals surface area contributed by atoms with E-state index in [2.05, 4.69) is 10.6 Å². The van der Waals surface area contributed by atoms with Gasteiger partial charge in [0.25, 0.3) is 0 Å². The van der Waals surface area contributed by atoms with Gasteiger partial charge in [-0.2, -0.15) is 0 Å². The summed E-state index contributed by atoms with van der Waals surface area (Å²) in [7, 11) is 3.10. The molecule has 1 aromatic rings. The highest BCUT2D eigenvalue weighted by molar-refractivity contribution is 6.31. The van der Waals surface area contributed by atoms with Gasteiger partial charge in [-0.25, -0.2) is 4.79 Å². The summed E-state index contributed by atoms with van der Waals surface area (Å²) in [5.74, 6) is 0.521. The van der Waals surface area contributed by atoms with Crippen LogP contribution in [0.5, 0.6) is 5.75 Å². The van der Waals surface area contributed by atoms with E-state index < -0.39 is 0 Å². The summed E-state index contributed by atoms with van der Waals surface area (Å²) in [6.45, 7) is 2.76. The minimum atomic E-state index is -0.313. The zero-order chi connectivity index (χ0) is 13.5.